The molecule has 2 rings (SSSR count). The number of phenols is 1. The summed E-state index contributed by atoms with van der Waals surface area (Å²) in [5.74, 6) is -3.56. The molecule has 9 nitrogen and oxygen atoms in total. The second kappa shape index (κ2) is 7.48. The van der Waals surface area contributed by atoms with Crippen LogP contribution in [0.2, 0.25) is 0 Å². The minimum atomic E-state index is -2.61. The van der Waals surface area contributed by atoms with Crippen LogP contribution in [-0.2, 0) is 14.3 Å². The van der Waals surface area contributed by atoms with Crippen molar-refractivity contribution in [1.29, 1.82) is 0 Å². The molecule has 1 aliphatic carbocycles. The van der Waals surface area contributed by atoms with E-state index in [4.69, 9.17) is 9.47 Å². The Kier molecular flexibility index (Phi) is 5.78. The third-order valence-electron chi connectivity index (χ3n) is 4.04. The fourth-order valence-electron chi connectivity index (χ4n) is 2.53. The lowest BCUT2D eigenvalue weighted by atomic mass is 9.82. The van der Waals surface area contributed by atoms with E-state index in [1.807, 2.05) is 0 Å². The first kappa shape index (κ1) is 19.3. The van der Waals surface area contributed by atoms with Crippen LogP contribution in [0.5, 0.6) is 5.75 Å². The SMILES string of the molecule is CO[C@@]1(O)[C@@H](O)[C@H](O)[C@@H](O)[C@H](O)[C@@H]1OC(=O)C=Cc1ccc(O)cc1. The van der Waals surface area contributed by atoms with Crippen molar-refractivity contribution in [2.75, 3.05) is 7.11 Å². The topological polar surface area (TPSA) is 157 Å². The number of rotatable bonds is 4. The van der Waals surface area contributed by atoms with E-state index in [2.05, 4.69) is 0 Å². The van der Waals surface area contributed by atoms with Gasteiger partial charge in [-0.2, -0.15) is 0 Å². The Hall–Kier alpha value is -2.01. The fourth-order valence-corrected chi connectivity index (χ4v) is 2.53. The molecule has 0 bridgehead atoms. The maximum Gasteiger partial charge on any atom is 0.331 e. The largest absolute Gasteiger partial charge is 0.508 e. The molecule has 1 aromatic rings. The zero-order chi connectivity index (χ0) is 18.8. The zero-order valence-electron chi connectivity index (χ0n) is 13.3. The molecule has 138 valence electrons. The summed E-state index contributed by atoms with van der Waals surface area (Å²) in [7, 11) is 0.980. The molecule has 6 atom stereocenters. The number of carbonyl (C=O) groups is 1. The standard InChI is InChI=1S/C16H20O9/c1-24-16(23)14(22)12(20)11(19)13(21)15(16)25-10(18)7-4-8-2-5-9(17)6-3-8/h2-7,11-15,17,19-23H,1H3/t11-,12-,13+,14+,15+,16+/m1/s1. The van der Waals surface area contributed by atoms with Gasteiger partial charge >= 0.3 is 5.97 Å². The summed E-state index contributed by atoms with van der Waals surface area (Å²) in [4.78, 5) is 11.9. The molecule has 0 unspecified atom stereocenters. The van der Waals surface area contributed by atoms with Gasteiger partial charge in [0, 0.05) is 13.2 Å². The number of hydrogen-bond acceptors (Lipinski definition) is 9. The molecule has 25 heavy (non-hydrogen) atoms. The molecule has 0 saturated heterocycles. The Bertz CT molecular complexity index is 629. The van der Waals surface area contributed by atoms with E-state index in [1.54, 1.807) is 0 Å². The smallest absolute Gasteiger partial charge is 0.331 e. The van der Waals surface area contributed by atoms with Crippen molar-refractivity contribution in [2.45, 2.75) is 36.3 Å². The Labute approximate surface area is 143 Å². The maximum atomic E-state index is 11.9. The van der Waals surface area contributed by atoms with Crippen LogP contribution in [0.1, 0.15) is 5.56 Å². The third kappa shape index (κ3) is 3.82. The Balaban J connectivity index is 2.15. The highest BCUT2D eigenvalue weighted by Gasteiger charge is 2.60. The van der Waals surface area contributed by atoms with Crippen LogP contribution in [0.25, 0.3) is 6.08 Å². The van der Waals surface area contributed by atoms with E-state index in [1.165, 1.54) is 30.3 Å². The summed E-state index contributed by atoms with van der Waals surface area (Å²) in [5.41, 5.74) is 0.566. The van der Waals surface area contributed by atoms with Gasteiger partial charge in [0.15, 0.2) is 6.10 Å². The van der Waals surface area contributed by atoms with Gasteiger partial charge in [0.1, 0.15) is 30.2 Å². The quantitative estimate of drug-likeness (QED) is 0.206. The lowest BCUT2D eigenvalue weighted by Crippen LogP contribution is -2.72. The van der Waals surface area contributed by atoms with E-state index in [0.717, 1.165) is 13.2 Å². The summed E-state index contributed by atoms with van der Waals surface area (Å²) in [6, 6.07) is 5.88. The fraction of sp³-hybridized carbons (Fsp3) is 0.438. The molecule has 0 radical (unpaired) electrons. The first-order chi connectivity index (χ1) is 11.7. The molecule has 1 saturated carbocycles. The molecular weight excluding hydrogens is 336 g/mol. The summed E-state index contributed by atoms with van der Waals surface area (Å²) < 4.78 is 9.63. The minimum absolute atomic E-state index is 0.0525. The van der Waals surface area contributed by atoms with Crippen molar-refractivity contribution in [2.24, 2.45) is 0 Å². The Morgan fingerprint density at radius 2 is 1.68 bits per heavy atom. The average molecular weight is 356 g/mol. The number of aliphatic hydroxyl groups excluding tert-OH is 4. The zero-order valence-corrected chi connectivity index (χ0v) is 13.3. The van der Waals surface area contributed by atoms with Gasteiger partial charge in [-0.1, -0.05) is 12.1 Å². The normalized spacial score (nSPS) is 35.7. The molecule has 0 aromatic heterocycles. The van der Waals surface area contributed by atoms with Gasteiger partial charge in [-0.3, -0.25) is 0 Å². The molecule has 1 aliphatic rings. The van der Waals surface area contributed by atoms with Crippen LogP contribution >= 0.6 is 0 Å². The van der Waals surface area contributed by atoms with Crippen molar-refractivity contribution in [3.8, 4) is 5.75 Å². The van der Waals surface area contributed by atoms with Crippen molar-refractivity contribution in [3.63, 3.8) is 0 Å². The number of phenolic OH excluding ortho intramolecular Hbond substituents is 1. The van der Waals surface area contributed by atoms with Gasteiger partial charge in [-0.05, 0) is 23.8 Å². The maximum absolute atomic E-state index is 11.9. The summed E-state index contributed by atoms with van der Waals surface area (Å²) in [6.07, 6.45) is -7.18. The predicted molar refractivity (Wildman–Crippen MR) is 83.0 cm³/mol. The van der Waals surface area contributed by atoms with Crippen molar-refractivity contribution in [1.82, 2.24) is 0 Å². The highest BCUT2D eigenvalue weighted by Crippen LogP contribution is 2.33. The number of hydrogen-bond donors (Lipinski definition) is 6. The molecule has 0 heterocycles. The number of methoxy groups -OCH3 is 1. The second-order valence-electron chi connectivity index (χ2n) is 5.65. The molecule has 0 amide bonds. The molecule has 6 N–H and O–H groups in total. The van der Waals surface area contributed by atoms with E-state index in [-0.39, 0.29) is 5.75 Å². The van der Waals surface area contributed by atoms with Gasteiger partial charge in [-0.15, -0.1) is 0 Å². The van der Waals surface area contributed by atoms with Crippen LogP contribution in [0.4, 0.5) is 0 Å². The predicted octanol–water partition coefficient (Wildman–Crippen LogP) is -1.89. The molecule has 1 aromatic carbocycles. The highest BCUT2D eigenvalue weighted by atomic mass is 16.7. The molecular formula is C16H20O9. The molecule has 0 aliphatic heterocycles. The first-order valence-electron chi connectivity index (χ1n) is 7.38. The number of esters is 1. The van der Waals surface area contributed by atoms with E-state index < -0.39 is 42.3 Å². The molecule has 9 heteroatoms. The Morgan fingerprint density at radius 3 is 2.24 bits per heavy atom. The Morgan fingerprint density at radius 1 is 1.08 bits per heavy atom. The molecule has 1 fully saturated rings. The van der Waals surface area contributed by atoms with Crippen LogP contribution < -0.4 is 0 Å². The van der Waals surface area contributed by atoms with Crippen molar-refractivity contribution in [3.05, 3.63) is 35.9 Å². The summed E-state index contributed by atoms with van der Waals surface area (Å²) in [5, 5.41) is 58.7. The van der Waals surface area contributed by atoms with E-state index in [0.29, 0.717) is 5.56 Å². The van der Waals surface area contributed by atoms with Crippen LogP contribution in [0.3, 0.4) is 0 Å². The van der Waals surface area contributed by atoms with E-state index >= 15 is 0 Å². The van der Waals surface area contributed by atoms with Gasteiger partial charge in [0.2, 0.25) is 5.79 Å². The highest BCUT2D eigenvalue weighted by molar-refractivity contribution is 5.87. The lowest BCUT2D eigenvalue weighted by Gasteiger charge is -2.47. The third-order valence-corrected chi connectivity index (χ3v) is 4.04. The first-order valence-corrected chi connectivity index (χ1v) is 7.38. The number of ether oxygens (including phenoxy) is 2. The summed E-state index contributed by atoms with van der Waals surface area (Å²) >= 11 is 0. The van der Waals surface area contributed by atoms with Gasteiger partial charge in [0.05, 0.1) is 0 Å². The molecule has 0 spiro atoms. The number of aliphatic hydroxyl groups is 5. The van der Waals surface area contributed by atoms with Crippen molar-refractivity contribution < 1.29 is 44.9 Å². The monoisotopic (exact) mass is 356 g/mol. The van der Waals surface area contributed by atoms with Gasteiger partial charge < -0.3 is 40.1 Å². The van der Waals surface area contributed by atoms with Crippen LogP contribution in [-0.4, -0.2) is 80.0 Å². The second-order valence-corrected chi connectivity index (χ2v) is 5.65. The van der Waals surface area contributed by atoms with Crippen molar-refractivity contribution >= 4 is 12.0 Å². The number of aromatic hydroxyl groups is 1. The van der Waals surface area contributed by atoms with Gasteiger partial charge in [-0.25, -0.2) is 4.79 Å². The number of carbonyl (C=O) groups excluding carboxylic acids is 1. The minimum Gasteiger partial charge on any atom is -0.508 e. The average Bonchev–Trinajstić information content (AvgIpc) is 2.61. The summed E-state index contributed by atoms with van der Waals surface area (Å²) in [6.45, 7) is 0. The number of benzene rings is 1. The van der Waals surface area contributed by atoms with E-state index in [9.17, 15) is 35.4 Å². The lowest BCUT2D eigenvalue weighted by molar-refractivity contribution is -0.354. The van der Waals surface area contributed by atoms with Crippen LogP contribution in [0.15, 0.2) is 30.3 Å². The van der Waals surface area contributed by atoms with Gasteiger partial charge in [0.25, 0.3) is 0 Å². The van der Waals surface area contributed by atoms with Crippen LogP contribution in [0, 0.1) is 0 Å².